The number of phenols is 1. The summed E-state index contributed by atoms with van der Waals surface area (Å²) in [5, 5.41) is 16.1. The van der Waals surface area contributed by atoms with E-state index >= 15 is 0 Å². The molecule has 3 aliphatic rings. The summed E-state index contributed by atoms with van der Waals surface area (Å²) in [6.07, 6.45) is 3.20. The molecular formula is C35H44N6O4. The number of aromatic hydroxyl groups is 1. The fraction of sp³-hybridized carbons (Fsp3) is 0.400. The first kappa shape index (κ1) is 31.8. The lowest BCUT2D eigenvalue weighted by molar-refractivity contribution is -0.187. The van der Waals surface area contributed by atoms with Crippen molar-refractivity contribution in [1.29, 1.82) is 0 Å². The molecule has 10 heteroatoms. The minimum Gasteiger partial charge on any atom is -0.508 e. The summed E-state index contributed by atoms with van der Waals surface area (Å²) in [5.74, 6) is -0.220. The highest BCUT2D eigenvalue weighted by Gasteiger charge is 2.50. The molecule has 45 heavy (non-hydrogen) atoms. The van der Waals surface area contributed by atoms with Gasteiger partial charge in [-0.25, -0.2) is 14.8 Å². The van der Waals surface area contributed by atoms with E-state index in [1.807, 2.05) is 42.5 Å². The van der Waals surface area contributed by atoms with E-state index in [1.54, 1.807) is 51.1 Å². The first-order valence-corrected chi connectivity index (χ1v) is 15.4. The summed E-state index contributed by atoms with van der Waals surface area (Å²) in [5.41, 5.74) is 3.95. The molecule has 0 radical (unpaired) electrons. The van der Waals surface area contributed by atoms with E-state index < -0.39 is 12.2 Å². The lowest BCUT2D eigenvalue weighted by atomic mass is 9.98. The number of phenolic OH excluding ortho intramolecular Hbond substituents is 1. The number of piperidine rings is 1. The monoisotopic (exact) mass is 612 g/mol. The number of likely N-dealkylation sites (N-methyl/N-ethyl adjacent to an activating group) is 1. The average Bonchev–Trinajstić information content (AvgIpc) is 3.04. The summed E-state index contributed by atoms with van der Waals surface area (Å²) in [7, 11) is 1.73. The smallest absolute Gasteiger partial charge is 0.334 e. The molecule has 2 N–H and O–H groups in total. The van der Waals surface area contributed by atoms with Crippen molar-refractivity contribution >= 4 is 23.5 Å². The molecule has 10 nitrogen and oxygen atoms in total. The number of carbonyl (C=O) groups excluding carboxylic acids is 3. The Morgan fingerprint density at radius 3 is 2.33 bits per heavy atom. The van der Waals surface area contributed by atoms with Crippen molar-refractivity contribution in [2.24, 2.45) is 0 Å². The van der Waals surface area contributed by atoms with Crippen LogP contribution in [0.3, 0.4) is 0 Å². The molecule has 6 rings (SSSR count). The van der Waals surface area contributed by atoms with Crippen molar-refractivity contribution in [1.82, 2.24) is 25.1 Å². The Morgan fingerprint density at radius 1 is 0.889 bits per heavy atom. The number of amides is 4. The van der Waals surface area contributed by atoms with Crippen LogP contribution >= 0.6 is 0 Å². The van der Waals surface area contributed by atoms with Gasteiger partial charge in [0.2, 0.25) is 11.8 Å². The quantitative estimate of drug-likeness (QED) is 0.415. The molecule has 2 atom stereocenters. The predicted molar refractivity (Wildman–Crippen MR) is 174 cm³/mol. The number of benzene rings is 3. The molecule has 0 aliphatic carbocycles. The Labute approximate surface area is 265 Å². The zero-order valence-electron chi connectivity index (χ0n) is 25.1. The van der Waals surface area contributed by atoms with Crippen LogP contribution in [0.15, 0.2) is 78.9 Å². The fourth-order valence-corrected chi connectivity index (χ4v) is 6.58. The highest BCUT2D eigenvalue weighted by atomic mass is 16.3. The van der Waals surface area contributed by atoms with Gasteiger partial charge in [0, 0.05) is 45.3 Å². The zero-order chi connectivity index (χ0) is 30.6. The van der Waals surface area contributed by atoms with Gasteiger partial charge >= 0.3 is 6.03 Å². The van der Waals surface area contributed by atoms with Gasteiger partial charge in [0.15, 0.2) is 0 Å². The molecule has 3 fully saturated rings. The Balaban J connectivity index is 0.00000400. The summed E-state index contributed by atoms with van der Waals surface area (Å²) in [6.45, 7) is 2.93. The van der Waals surface area contributed by atoms with Crippen LogP contribution in [0.4, 0.5) is 10.5 Å². The molecule has 3 heterocycles. The summed E-state index contributed by atoms with van der Waals surface area (Å²) in [4.78, 5) is 47.3. The van der Waals surface area contributed by atoms with E-state index in [1.165, 1.54) is 19.3 Å². The third-order valence-electron chi connectivity index (χ3n) is 8.80. The molecule has 238 valence electrons. The zero-order valence-corrected chi connectivity index (χ0v) is 25.1. The summed E-state index contributed by atoms with van der Waals surface area (Å²) < 4.78 is 0. The van der Waals surface area contributed by atoms with Gasteiger partial charge in [0.25, 0.3) is 0 Å². The van der Waals surface area contributed by atoms with Crippen molar-refractivity contribution in [2.75, 3.05) is 38.1 Å². The second-order valence-electron chi connectivity index (χ2n) is 11.9. The molecule has 0 bridgehead atoms. The molecular weight excluding hydrogens is 568 g/mol. The number of nitrogens with one attached hydrogen (secondary N) is 1. The van der Waals surface area contributed by atoms with E-state index in [0.717, 1.165) is 35.5 Å². The van der Waals surface area contributed by atoms with Crippen LogP contribution in [0.5, 0.6) is 5.75 Å². The minimum absolute atomic E-state index is 0. The standard InChI is InChI=1S/C34H40N6O4.CH4/c1-36-24-32(42)39-30(20-25-13-15-29(41)16-14-25)33(43)38(22-27-11-8-12-28(19-27)37-17-6-3-7-18-37)23-31(39)40(36)34(44)35-21-26-9-4-2-5-10-26;/h2,4-5,8-16,19,30-31,41H,3,6-7,17-18,20-24H2,1H3,(H,35,44);1H4/t30-,31-;/m0./s1. The van der Waals surface area contributed by atoms with Crippen molar-refractivity contribution in [3.8, 4) is 5.75 Å². The number of anilines is 1. The molecule has 4 amide bonds. The number of urea groups is 1. The van der Waals surface area contributed by atoms with E-state index in [0.29, 0.717) is 13.1 Å². The number of hydrogen-bond donors (Lipinski definition) is 2. The molecule has 0 unspecified atom stereocenters. The summed E-state index contributed by atoms with van der Waals surface area (Å²) in [6, 6.07) is 23.6. The second kappa shape index (κ2) is 14.0. The average molecular weight is 613 g/mol. The van der Waals surface area contributed by atoms with E-state index in [2.05, 4.69) is 22.3 Å². The maximum Gasteiger partial charge on any atom is 0.334 e. The highest BCUT2D eigenvalue weighted by molar-refractivity contribution is 5.91. The number of hydrazine groups is 1. The molecule has 3 aliphatic heterocycles. The maximum absolute atomic E-state index is 14.2. The number of piperazine rings is 1. The van der Waals surface area contributed by atoms with E-state index in [-0.39, 0.29) is 50.5 Å². The molecule has 3 saturated heterocycles. The predicted octanol–water partition coefficient (Wildman–Crippen LogP) is 4.20. The number of carbonyl (C=O) groups is 3. The molecule has 0 spiro atoms. The third-order valence-corrected chi connectivity index (χ3v) is 8.80. The van der Waals surface area contributed by atoms with Crippen molar-refractivity contribution in [2.45, 2.75) is 58.4 Å². The van der Waals surface area contributed by atoms with Gasteiger partial charge in [-0.1, -0.05) is 62.0 Å². The van der Waals surface area contributed by atoms with Crippen molar-refractivity contribution in [3.05, 3.63) is 95.6 Å². The van der Waals surface area contributed by atoms with Crippen molar-refractivity contribution in [3.63, 3.8) is 0 Å². The second-order valence-corrected chi connectivity index (χ2v) is 11.9. The largest absolute Gasteiger partial charge is 0.508 e. The SMILES string of the molecule is C.CN1CC(=O)N2[C@@H](Cc3ccc(O)cc3)C(=O)N(Cc3cccc(N4CCCCC4)c3)C[C@@H]2N1C(=O)NCc1ccccc1. The molecule has 0 saturated carbocycles. The van der Waals surface area contributed by atoms with Gasteiger partial charge in [0.05, 0.1) is 13.1 Å². The van der Waals surface area contributed by atoms with Gasteiger partial charge in [-0.2, -0.15) is 0 Å². The normalized spacial score (nSPS) is 20.5. The minimum atomic E-state index is -0.797. The van der Waals surface area contributed by atoms with Crippen LogP contribution < -0.4 is 10.2 Å². The van der Waals surface area contributed by atoms with Crippen LogP contribution in [0.2, 0.25) is 0 Å². The molecule has 3 aromatic carbocycles. The van der Waals surface area contributed by atoms with Gasteiger partial charge in [0.1, 0.15) is 18.0 Å². The number of fused-ring (bicyclic) bond motifs is 1. The Kier molecular flexibility index (Phi) is 9.93. The van der Waals surface area contributed by atoms with Crippen LogP contribution in [0.25, 0.3) is 0 Å². The highest BCUT2D eigenvalue weighted by Crippen LogP contribution is 2.30. The fourth-order valence-electron chi connectivity index (χ4n) is 6.58. The Morgan fingerprint density at radius 2 is 1.60 bits per heavy atom. The Hall–Kier alpha value is -4.57. The van der Waals surface area contributed by atoms with Gasteiger partial charge < -0.3 is 25.1 Å². The summed E-state index contributed by atoms with van der Waals surface area (Å²) >= 11 is 0. The van der Waals surface area contributed by atoms with E-state index in [9.17, 15) is 19.5 Å². The Bertz CT molecular complexity index is 1480. The number of rotatable bonds is 7. The van der Waals surface area contributed by atoms with Crippen LogP contribution in [0.1, 0.15) is 43.4 Å². The van der Waals surface area contributed by atoms with Gasteiger partial charge in [-0.05, 0) is 60.2 Å². The van der Waals surface area contributed by atoms with Crippen LogP contribution in [-0.4, -0.2) is 88.2 Å². The first-order valence-electron chi connectivity index (χ1n) is 15.4. The van der Waals surface area contributed by atoms with Gasteiger partial charge in [-0.15, -0.1) is 0 Å². The van der Waals surface area contributed by atoms with Gasteiger partial charge in [-0.3, -0.25) is 9.59 Å². The van der Waals surface area contributed by atoms with Crippen LogP contribution in [0, 0.1) is 0 Å². The molecule has 3 aromatic rings. The topological polar surface area (TPSA) is 99.7 Å². The third kappa shape index (κ3) is 7.06. The van der Waals surface area contributed by atoms with Crippen LogP contribution in [-0.2, 0) is 29.1 Å². The number of hydrogen-bond acceptors (Lipinski definition) is 6. The van der Waals surface area contributed by atoms with E-state index in [4.69, 9.17) is 0 Å². The first-order chi connectivity index (χ1) is 21.4. The van der Waals surface area contributed by atoms with Crippen molar-refractivity contribution < 1.29 is 19.5 Å². The lowest BCUT2D eigenvalue weighted by Gasteiger charge is -2.54. The number of nitrogens with zero attached hydrogens (tertiary/aromatic N) is 5. The maximum atomic E-state index is 14.2. The molecule has 0 aromatic heterocycles. The lowest BCUT2D eigenvalue weighted by Crippen LogP contribution is -2.76.